The predicted molar refractivity (Wildman–Crippen MR) is 45.6 cm³/mol. The average Bonchev–Trinajstić information content (AvgIpc) is 1.91. The summed E-state index contributed by atoms with van der Waals surface area (Å²) in [5, 5.41) is 0. The van der Waals surface area contributed by atoms with Crippen LogP contribution in [0.2, 0.25) is 0 Å². The van der Waals surface area contributed by atoms with Crippen molar-refractivity contribution in [1.29, 1.82) is 0 Å². The van der Waals surface area contributed by atoms with Gasteiger partial charge in [-0.2, -0.15) is 6.42 Å². The van der Waals surface area contributed by atoms with Gasteiger partial charge in [-0.25, -0.2) is 0 Å². The summed E-state index contributed by atoms with van der Waals surface area (Å²) in [6.07, 6.45) is 1.06. The summed E-state index contributed by atoms with van der Waals surface area (Å²) in [4.78, 5) is 16.9. The van der Waals surface area contributed by atoms with E-state index in [2.05, 4.69) is 20.8 Å². The number of carbonyl (C=O) groups is 2. The van der Waals surface area contributed by atoms with Crippen molar-refractivity contribution < 1.29 is 42.3 Å². The molecular formula is C7H15N2O2Y. The van der Waals surface area contributed by atoms with Crippen LogP contribution in [0, 0.1) is 12.8 Å². The van der Waals surface area contributed by atoms with E-state index in [1.807, 2.05) is 0 Å². The minimum absolute atomic E-state index is 0. The molecule has 4 nitrogen and oxygen atoms in total. The van der Waals surface area contributed by atoms with Crippen molar-refractivity contribution in [2.24, 2.45) is 5.92 Å². The van der Waals surface area contributed by atoms with Crippen LogP contribution in [-0.4, -0.2) is 12.8 Å². The standard InChI is InChI=1S/C5H11.2CH3NO.Y/c1-4-5(2)3;2*2-1-3;/h5H,1,4H2,2-3H3;2*1H,(H2,2,3);/q-1;;;+3/p-2. The molecule has 2 amide bonds. The molecule has 0 saturated heterocycles. The maximum atomic E-state index is 8.47. The Morgan fingerprint density at radius 1 is 1.25 bits per heavy atom. The van der Waals surface area contributed by atoms with Crippen molar-refractivity contribution in [2.45, 2.75) is 20.3 Å². The molecule has 0 unspecified atom stereocenters. The van der Waals surface area contributed by atoms with Crippen LogP contribution in [0.4, 0.5) is 0 Å². The third-order valence-electron chi connectivity index (χ3n) is 0.577. The molecule has 12 heavy (non-hydrogen) atoms. The van der Waals surface area contributed by atoms with Gasteiger partial charge >= 0.3 is 32.7 Å². The minimum atomic E-state index is 0. The SMILES string of the molecule is [CH2-]CC(C)C.[NH-]C=O.[NH-]C=O.[Y+3]. The van der Waals surface area contributed by atoms with E-state index >= 15 is 0 Å². The predicted octanol–water partition coefficient (Wildman–Crippen LogP) is 2.25. The molecule has 0 fully saturated rings. The fourth-order valence-electron chi connectivity index (χ4n) is 0. The smallest absolute Gasteiger partial charge is 0.671 e. The van der Waals surface area contributed by atoms with Gasteiger partial charge in [-0.1, -0.05) is 19.8 Å². The maximum Gasteiger partial charge on any atom is 3.00 e. The molecule has 0 aliphatic heterocycles. The second-order valence-electron chi connectivity index (χ2n) is 1.92. The fraction of sp³-hybridized carbons (Fsp3) is 0.571. The van der Waals surface area contributed by atoms with Crippen LogP contribution in [0.15, 0.2) is 0 Å². The van der Waals surface area contributed by atoms with E-state index < -0.39 is 0 Å². The van der Waals surface area contributed by atoms with Crippen molar-refractivity contribution in [3.05, 3.63) is 18.4 Å². The van der Waals surface area contributed by atoms with E-state index in [1.165, 1.54) is 0 Å². The van der Waals surface area contributed by atoms with E-state index in [0.717, 1.165) is 12.3 Å². The van der Waals surface area contributed by atoms with Crippen LogP contribution in [0.5, 0.6) is 0 Å². The van der Waals surface area contributed by atoms with Gasteiger partial charge < -0.3 is 28.0 Å². The summed E-state index contributed by atoms with van der Waals surface area (Å²) in [6, 6.07) is 0. The Bertz CT molecular complexity index is 73.8. The van der Waals surface area contributed by atoms with Crippen LogP contribution in [0.25, 0.3) is 11.5 Å². The van der Waals surface area contributed by atoms with Crippen molar-refractivity contribution in [2.75, 3.05) is 0 Å². The Kier molecular flexibility index (Phi) is 57.7. The van der Waals surface area contributed by atoms with E-state index in [1.54, 1.807) is 0 Å². The number of hydrogen-bond donors (Lipinski definition) is 0. The normalized spacial score (nSPS) is 6.00. The van der Waals surface area contributed by atoms with Crippen molar-refractivity contribution in [3.8, 4) is 0 Å². The van der Waals surface area contributed by atoms with Crippen molar-refractivity contribution in [1.82, 2.24) is 0 Å². The summed E-state index contributed by atoms with van der Waals surface area (Å²) in [6.45, 7) is 8.00. The molecule has 0 bridgehead atoms. The summed E-state index contributed by atoms with van der Waals surface area (Å²) in [5.41, 5.74) is 11.1. The van der Waals surface area contributed by atoms with Crippen LogP contribution < -0.4 is 0 Å². The average molecular weight is 248 g/mol. The van der Waals surface area contributed by atoms with Gasteiger partial charge in [-0.3, -0.25) is 0 Å². The second kappa shape index (κ2) is 30.5. The molecule has 0 rings (SSSR count). The fourth-order valence-corrected chi connectivity index (χ4v) is 0. The summed E-state index contributed by atoms with van der Waals surface area (Å²) >= 11 is 0. The molecular weight excluding hydrogens is 233 g/mol. The number of hydrogen-bond acceptors (Lipinski definition) is 2. The van der Waals surface area contributed by atoms with Gasteiger partial charge in [0.25, 0.3) is 0 Å². The molecule has 68 valence electrons. The monoisotopic (exact) mass is 248 g/mol. The topological polar surface area (TPSA) is 81.7 Å². The Hall–Kier alpha value is 0.0439. The first-order valence-corrected chi connectivity index (χ1v) is 3.11. The first-order valence-electron chi connectivity index (χ1n) is 3.11. The molecule has 0 saturated carbocycles. The maximum absolute atomic E-state index is 8.47. The zero-order valence-electron chi connectivity index (χ0n) is 7.54. The molecule has 5 heteroatoms. The molecule has 0 spiro atoms. The first-order chi connectivity index (χ1) is 5.10. The summed E-state index contributed by atoms with van der Waals surface area (Å²) in [5.74, 6) is 0.773. The zero-order chi connectivity index (χ0) is 9.70. The van der Waals surface area contributed by atoms with Gasteiger partial charge in [0.2, 0.25) is 0 Å². The third-order valence-corrected chi connectivity index (χ3v) is 0.577. The van der Waals surface area contributed by atoms with Crippen molar-refractivity contribution in [3.63, 3.8) is 0 Å². The van der Waals surface area contributed by atoms with E-state index in [-0.39, 0.29) is 45.5 Å². The molecule has 0 aliphatic rings. The molecule has 2 N–H and O–H groups in total. The number of carbonyl (C=O) groups excluding carboxylic acids is 2. The Balaban J connectivity index is -0.0000000406. The quantitative estimate of drug-likeness (QED) is 0.526. The van der Waals surface area contributed by atoms with E-state index in [0.29, 0.717) is 0 Å². The number of rotatable bonds is 1. The zero-order valence-corrected chi connectivity index (χ0v) is 10.4. The van der Waals surface area contributed by atoms with Gasteiger partial charge in [0.05, 0.1) is 0 Å². The van der Waals surface area contributed by atoms with Crippen LogP contribution >= 0.6 is 0 Å². The van der Waals surface area contributed by atoms with Crippen LogP contribution in [-0.2, 0) is 42.3 Å². The molecule has 0 aromatic rings. The Morgan fingerprint density at radius 3 is 1.33 bits per heavy atom. The molecule has 0 heterocycles. The van der Waals surface area contributed by atoms with Crippen molar-refractivity contribution >= 4 is 12.8 Å². The molecule has 0 aliphatic carbocycles. The number of nitrogens with one attached hydrogen (secondary N) is 2. The molecule has 0 radical (unpaired) electrons. The number of amides is 2. The largest absolute Gasteiger partial charge is 3.00 e. The van der Waals surface area contributed by atoms with Gasteiger partial charge in [0, 0.05) is 12.8 Å². The van der Waals surface area contributed by atoms with E-state index in [9.17, 15) is 0 Å². The van der Waals surface area contributed by atoms with Crippen LogP contribution in [0.3, 0.4) is 0 Å². The van der Waals surface area contributed by atoms with E-state index in [4.69, 9.17) is 21.1 Å². The molecule has 0 aromatic carbocycles. The van der Waals surface area contributed by atoms with Gasteiger partial charge in [-0.15, -0.1) is 0 Å². The second-order valence-corrected chi connectivity index (χ2v) is 1.92. The van der Waals surface area contributed by atoms with Gasteiger partial charge in [-0.05, 0) is 0 Å². The molecule has 0 atom stereocenters. The van der Waals surface area contributed by atoms with Crippen LogP contribution in [0.1, 0.15) is 20.3 Å². The Morgan fingerprint density at radius 2 is 1.33 bits per heavy atom. The summed E-state index contributed by atoms with van der Waals surface area (Å²) in [7, 11) is 0. The Labute approximate surface area is 99.3 Å². The van der Waals surface area contributed by atoms with Gasteiger partial charge in [0.1, 0.15) is 0 Å². The minimum Gasteiger partial charge on any atom is -0.671 e. The molecule has 0 aromatic heterocycles. The third kappa shape index (κ3) is 197. The van der Waals surface area contributed by atoms with Gasteiger partial charge in [0.15, 0.2) is 0 Å². The first kappa shape index (κ1) is 22.7. The summed E-state index contributed by atoms with van der Waals surface area (Å²) < 4.78 is 0.